The Labute approximate surface area is 455 Å². The van der Waals surface area contributed by atoms with Crippen molar-refractivity contribution in [3.63, 3.8) is 0 Å². The van der Waals surface area contributed by atoms with E-state index in [4.69, 9.17) is 12.2 Å². The van der Waals surface area contributed by atoms with Gasteiger partial charge in [0.15, 0.2) is 0 Å². The van der Waals surface area contributed by atoms with Gasteiger partial charge < -0.3 is 51.5 Å². The molecule has 7 aliphatic rings. The second-order valence-corrected chi connectivity index (χ2v) is 26.0. The molecule has 5 aliphatic heterocycles. The van der Waals surface area contributed by atoms with Crippen LogP contribution in [0.25, 0.3) is 0 Å². The number of thioether (sulfide) groups is 2. The maximum absolute atomic E-state index is 15.0. The molecule has 7 amide bonds. The minimum absolute atomic E-state index is 0.0730. The van der Waals surface area contributed by atoms with E-state index < -0.39 is 58.9 Å². The van der Waals surface area contributed by atoms with Gasteiger partial charge in [0.2, 0.25) is 41.4 Å². The quantitative estimate of drug-likeness (QED) is 0.169. The molecule has 11 atom stereocenters. The standard InChI is InChI=1S/C55H76N10O7S3/c1-31(57-7)49(73)59-39-21-27-75-42-29-55(4,5)46(65(42)53(39)72)48(68)61-44-35-15-11-9-13-33(35)17-19-37(44)51(70)63-24-22-62(23-25-63)50(69)36-18-16-32-12-8-10-14-34(32)43(36)60-47(67)45-54(2,3)28-41-64(45)52(71)38(20-26-74-41)58-40(66)30-56-6/h8-15,31,36-39,41-46,56-57H,16-30H2,1-7H3,(H,58,66)(H,59,73)(H,60,67)(H,61,68)/t31-,36+,37+,38-,39-,41-,42-,43+,44+,45+,46+/m0/s1. The highest BCUT2D eigenvalue weighted by molar-refractivity contribution is 8.00. The average molecular weight is 1090 g/mol. The van der Waals surface area contributed by atoms with E-state index in [1.54, 1.807) is 40.4 Å². The molecular weight excluding hydrogens is 1010 g/mol. The predicted octanol–water partition coefficient (Wildman–Crippen LogP) is 3.27. The minimum Gasteiger partial charge on any atom is -0.367 e. The Kier molecular flexibility index (Phi) is 16.6. The summed E-state index contributed by atoms with van der Waals surface area (Å²) in [5.74, 6) is -1.22. The first-order valence-corrected chi connectivity index (χ1v) is 29.5. The van der Waals surface area contributed by atoms with Crippen molar-refractivity contribution in [2.24, 2.45) is 22.7 Å². The van der Waals surface area contributed by atoms with Crippen LogP contribution in [0.4, 0.5) is 0 Å². The lowest BCUT2D eigenvalue weighted by molar-refractivity contribution is -0.148. The smallest absolute Gasteiger partial charge is 0.246 e. The molecule has 20 heteroatoms. The van der Waals surface area contributed by atoms with E-state index in [9.17, 15) is 33.6 Å². The molecule has 0 saturated carbocycles. The van der Waals surface area contributed by atoms with Crippen molar-refractivity contribution in [3.05, 3.63) is 70.8 Å². The molecule has 0 bridgehead atoms. The number of thiocarbonyl (C=S) groups is 1. The first-order chi connectivity index (χ1) is 35.8. The molecule has 17 nitrogen and oxygen atoms in total. The number of amides is 7. The number of aryl methyl sites for hydroxylation is 2. The summed E-state index contributed by atoms with van der Waals surface area (Å²) in [4.78, 5) is 109. The fourth-order valence-electron chi connectivity index (χ4n) is 13.0. The Hall–Kier alpha value is -4.76. The summed E-state index contributed by atoms with van der Waals surface area (Å²) >= 11 is 9.00. The van der Waals surface area contributed by atoms with E-state index in [0.717, 1.165) is 28.0 Å². The highest BCUT2D eigenvalue weighted by Gasteiger charge is 2.57. The number of likely N-dealkylation sites (N-methyl/N-ethyl adjacent to an activating group) is 2. The molecule has 5 heterocycles. The van der Waals surface area contributed by atoms with Crippen LogP contribution in [-0.2, 0) is 46.4 Å². The lowest BCUT2D eigenvalue weighted by Gasteiger charge is -2.43. The summed E-state index contributed by atoms with van der Waals surface area (Å²) in [5.41, 5.74) is 2.78. The zero-order chi connectivity index (χ0) is 53.5. The van der Waals surface area contributed by atoms with Gasteiger partial charge in [-0.1, -0.05) is 88.4 Å². The number of rotatable bonds is 12. The normalized spacial score (nSPS) is 30.3. The Bertz CT molecular complexity index is 2560. The first kappa shape index (κ1) is 55.0. The third-order valence-electron chi connectivity index (χ3n) is 17.1. The molecule has 406 valence electrons. The molecule has 2 aromatic carbocycles. The monoisotopic (exact) mass is 1080 g/mol. The van der Waals surface area contributed by atoms with Crippen LogP contribution in [-0.4, -0.2) is 165 Å². The maximum atomic E-state index is 15.0. The van der Waals surface area contributed by atoms with E-state index in [1.807, 2.05) is 93.9 Å². The average Bonchev–Trinajstić information content (AvgIpc) is 3.72. The molecule has 75 heavy (non-hydrogen) atoms. The number of hydrogen-bond donors (Lipinski definition) is 6. The number of piperazine rings is 1. The van der Waals surface area contributed by atoms with E-state index in [1.165, 1.54) is 0 Å². The van der Waals surface area contributed by atoms with Crippen molar-refractivity contribution >= 4 is 82.1 Å². The molecule has 5 fully saturated rings. The van der Waals surface area contributed by atoms with Crippen LogP contribution in [0.5, 0.6) is 0 Å². The summed E-state index contributed by atoms with van der Waals surface area (Å²) in [5, 5.41) is 18.5. The first-order valence-electron chi connectivity index (χ1n) is 27.0. The van der Waals surface area contributed by atoms with Crippen LogP contribution in [0.2, 0.25) is 0 Å². The molecule has 2 aromatic rings. The topological polar surface area (TPSA) is 205 Å². The van der Waals surface area contributed by atoms with Gasteiger partial charge in [-0.25, -0.2) is 0 Å². The molecule has 9 rings (SSSR count). The van der Waals surface area contributed by atoms with Crippen molar-refractivity contribution in [2.45, 2.75) is 139 Å². The van der Waals surface area contributed by atoms with Crippen molar-refractivity contribution in [1.29, 1.82) is 0 Å². The highest BCUT2D eigenvalue weighted by Crippen LogP contribution is 2.49. The lowest BCUT2D eigenvalue weighted by Crippen LogP contribution is -2.59. The zero-order valence-corrected chi connectivity index (χ0v) is 46.9. The summed E-state index contributed by atoms with van der Waals surface area (Å²) in [7, 11) is 3.50. The van der Waals surface area contributed by atoms with Gasteiger partial charge in [0.1, 0.15) is 24.2 Å². The fraction of sp³-hybridized carbons (Fsp3) is 0.636. The second-order valence-electron chi connectivity index (χ2n) is 22.9. The predicted molar refractivity (Wildman–Crippen MR) is 295 cm³/mol. The van der Waals surface area contributed by atoms with Crippen LogP contribution in [0.1, 0.15) is 107 Å². The van der Waals surface area contributed by atoms with Gasteiger partial charge in [0, 0.05) is 26.2 Å². The van der Waals surface area contributed by atoms with Gasteiger partial charge >= 0.3 is 0 Å². The van der Waals surface area contributed by atoms with Crippen molar-refractivity contribution < 1.29 is 33.6 Å². The SMILES string of the molecule is CNCC(=O)N[C@H]1CCS[C@H]2CC(C)(C)[C@@H](C(=O)N[C@@H]3c4ccccc4CC[C@H]3C(=O)N3CCN(C(=O)[C@@H]4CCc5ccccc5[C@H]4NC(=O)[C@H]4N5C(=O)[C@@H](NC(=S)[C@H](C)NC)CCS[C@H]5CC4(C)C)CC3)N2C1=O. The Morgan fingerprint density at radius 3 is 1.49 bits per heavy atom. The van der Waals surface area contributed by atoms with Gasteiger partial charge in [0.25, 0.3) is 0 Å². The number of nitrogens with zero attached hydrogens (tertiary/aromatic N) is 4. The van der Waals surface area contributed by atoms with E-state index in [2.05, 4.69) is 38.0 Å². The summed E-state index contributed by atoms with van der Waals surface area (Å²) < 4.78 is 0. The Morgan fingerprint density at radius 2 is 1.07 bits per heavy atom. The fourth-order valence-corrected chi connectivity index (χ4v) is 16.4. The highest BCUT2D eigenvalue weighted by atomic mass is 32.2. The maximum Gasteiger partial charge on any atom is 0.246 e. The second kappa shape index (κ2) is 22.7. The third-order valence-corrected chi connectivity index (χ3v) is 20.0. The van der Waals surface area contributed by atoms with Crippen molar-refractivity contribution in [1.82, 2.24) is 51.5 Å². The number of benzene rings is 2. The molecule has 0 aromatic heterocycles. The number of carbonyl (C=O) groups excluding carboxylic acids is 7. The number of hydrogen-bond acceptors (Lipinski definition) is 12. The van der Waals surface area contributed by atoms with E-state index in [0.29, 0.717) is 88.3 Å². The lowest BCUT2D eigenvalue weighted by atomic mass is 9.77. The minimum atomic E-state index is -0.826. The number of carbonyl (C=O) groups is 7. The van der Waals surface area contributed by atoms with Crippen molar-refractivity contribution in [2.75, 3.05) is 58.3 Å². The molecule has 0 spiro atoms. The molecule has 2 aliphatic carbocycles. The number of fused-ring (bicyclic) bond motifs is 4. The van der Waals surface area contributed by atoms with Gasteiger partial charge in [-0.3, -0.25) is 33.6 Å². The summed E-state index contributed by atoms with van der Waals surface area (Å²) in [6.45, 7) is 11.3. The van der Waals surface area contributed by atoms with Crippen molar-refractivity contribution in [3.8, 4) is 0 Å². The zero-order valence-electron chi connectivity index (χ0n) is 44.4. The Balaban J connectivity index is 0.897. The molecular formula is C55H76N10O7S3. The van der Waals surface area contributed by atoms with Crippen LogP contribution in [0, 0.1) is 22.7 Å². The summed E-state index contributed by atoms with van der Waals surface area (Å²) in [6, 6.07) is 11.5. The van der Waals surface area contributed by atoms with Gasteiger partial charge in [-0.2, -0.15) is 0 Å². The molecule has 5 saturated heterocycles. The van der Waals surface area contributed by atoms with Crippen LogP contribution >= 0.6 is 35.7 Å². The van der Waals surface area contributed by atoms with Crippen LogP contribution < -0.4 is 31.9 Å². The molecule has 0 unspecified atom stereocenters. The largest absolute Gasteiger partial charge is 0.367 e. The summed E-state index contributed by atoms with van der Waals surface area (Å²) in [6.07, 6.45) is 4.67. The molecule has 6 N–H and O–H groups in total. The Morgan fingerprint density at radius 1 is 0.640 bits per heavy atom. The molecule has 0 radical (unpaired) electrons. The third kappa shape index (κ3) is 11.1. The van der Waals surface area contributed by atoms with E-state index in [-0.39, 0.29) is 64.7 Å². The van der Waals surface area contributed by atoms with Crippen LogP contribution in [0.3, 0.4) is 0 Å². The van der Waals surface area contributed by atoms with Gasteiger partial charge in [-0.05, 0) is 117 Å². The van der Waals surface area contributed by atoms with E-state index >= 15 is 0 Å². The van der Waals surface area contributed by atoms with Crippen LogP contribution in [0.15, 0.2) is 48.5 Å². The number of nitrogens with one attached hydrogen (secondary N) is 6. The van der Waals surface area contributed by atoms with Gasteiger partial charge in [-0.15, -0.1) is 23.5 Å². The van der Waals surface area contributed by atoms with Gasteiger partial charge in [0.05, 0.1) is 52.2 Å².